The lowest BCUT2D eigenvalue weighted by Gasteiger charge is -1.99. The molecule has 0 spiro atoms. The maximum atomic E-state index is 9.10. The average Bonchev–Trinajstić information content (AvgIpc) is 3.15. The van der Waals surface area contributed by atoms with Crippen LogP contribution in [0.1, 0.15) is 16.4 Å². The lowest BCUT2D eigenvalue weighted by Crippen LogP contribution is -2.00. The number of aromatic nitrogens is 3. The molecule has 0 unspecified atom stereocenters. The molecule has 3 rings (SSSR count). The Hall–Kier alpha value is -2.96. The van der Waals surface area contributed by atoms with E-state index in [2.05, 4.69) is 9.97 Å². The van der Waals surface area contributed by atoms with E-state index in [9.17, 15) is 0 Å². The van der Waals surface area contributed by atoms with Gasteiger partial charge >= 0.3 is 0 Å². The van der Waals surface area contributed by atoms with Crippen LogP contribution in [-0.2, 0) is 6.54 Å². The first-order chi connectivity index (χ1) is 10.3. The molecule has 100 valence electrons. The van der Waals surface area contributed by atoms with Gasteiger partial charge in [0.05, 0.1) is 17.7 Å². The molecule has 0 saturated carbocycles. The summed E-state index contributed by atoms with van der Waals surface area (Å²) in [5.74, 6) is 0. The van der Waals surface area contributed by atoms with Crippen molar-refractivity contribution in [3.8, 4) is 22.6 Å². The van der Waals surface area contributed by atoms with Crippen molar-refractivity contribution >= 4 is 11.3 Å². The third-order valence-corrected chi connectivity index (χ3v) is 4.00. The molecule has 2 aromatic heterocycles. The Kier molecular flexibility index (Phi) is 3.46. The van der Waals surface area contributed by atoms with Gasteiger partial charge in [0.15, 0.2) is 11.4 Å². The number of hydrogen-bond donors (Lipinski definition) is 0. The van der Waals surface area contributed by atoms with Crippen molar-refractivity contribution in [3.63, 3.8) is 0 Å². The first-order valence-electron chi connectivity index (χ1n) is 6.17. The van der Waals surface area contributed by atoms with Crippen LogP contribution >= 0.6 is 11.3 Å². The first-order valence-corrected chi connectivity index (χ1v) is 6.99. The predicted molar refractivity (Wildman–Crippen MR) is 78.3 cm³/mol. The lowest BCUT2D eigenvalue weighted by atomic mass is 10.2. The van der Waals surface area contributed by atoms with Gasteiger partial charge in [-0.15, -0.1) is 11.3 Å². The second-order valence-corrected chi connectivity index (χ2v) is 5.39. The van der Waals surface area contributed by atoms with Gasteiger partial charge in [-0.25, -0.2) is 9.97 Å². The number of thiazole rings is 1. The van der Waals surface area contributed by atoms with Crippen LogP contribution < -0.4 is 0 Å². The van der Waals surface area contributed by atoms with Crippen LogP contribution in [0.2, 0.25) is 0 Å². The third kappa shape index (κ3) is 2.53. The fourth-order valence-corrected chi connectivity index (χ4v) is 2.89. The summed E-state index contributed by atoms with van der Waals surface area (Å²) in [5.41, 5.74) is 1.54. The predicted octanol–water partition coefficient (Wildman–Crippen LogP) is 2.80. The summed E-state index contributed by atoms with van der Waals surface area (Å²) in [6.45, 7) is 0.440. The molecule has 0 N–H and O–H groups in total. The van der Waals surface area contributed by atoms with Crippen molar-refractivity contribution in [2.75, 3.05) is 0 Å². The Morgan fingerprint density at radius 1 is 1.10 bits per heavy atom. The zero-order valence-corrected chi connectivity index (χ0v) is 11.7. The van der Waals surface area contributed by atoms with E-state index in [1.165, 1.54) is 6.33 Å². The summed E-state index contributed by atoms with van der Waals surface area (Å²) in [6.07, 6.45) is 3.32. The highest BCUT2D eigenvalue weighted by atomic mass is 32.1. The molecule has 0 amide bonds. The highest BCUT2D eigenvalue weighted by Gasteiger charge is 2.12. The summed E-state index contributed by atoms with van der Waals surface area (Å²) >= 11 is 1.56. The van der Waals surface area contributed by atoms with Gasteiger partial charge in [-0.2, -0.15) is 10.5 Å². The summed E-state index contributed by atoms with van der Waals surface area (Å²) in [6, 6.07) is 13.9. The van der Waals surface area contributed by atoms with Crippen molar-refractivity contribution in [3.05, 3.63) is 59.3 Å². The number of rotatable bonds is 3. The van der Waals surface area contributed by atoms with Gasteiger partial charge < -0.3 is 4.57 Å². The molecule has 0 radical (unpaired) electrons. The topological polar surface area (TPSA) is 78.3 Å². The Labute approximate surface area is 125 Å². The van der Waals surface area contributed by atoms with Crippen molar-refractivity contribution in [2.24, 2.45) is 0 Å². The van der Waals surface area contributed by atoms with E-state index < -0.39 is 0 Å². The minimum atomic E-state index is 0.150. The van der Waals surface area contributed by atoms with E-state index in [-0.39, 0.29) is 11.4 Å². The number of nitriles is 2. The largest absolute Gasteiger partial charge is 0.314 e. The van der Waals surface area contributed by atoms with Crippen LogP contribution in [-0.4, -0.2) is 14.5 Å². The number of hydrogen-bond acceptors (Lipinski definition) is 5. The molecule has 0 saturated heterocycles. The molecule has 0 aliphatic carbocycles. The molecule has 0 fully saturated rings. The standard InChI is InChI=1S/C15H9N5S/c16-6-12-13(7-17)20(10-19-12)9-15-18-8-14(21-15)11-4-2-1-3-5-11/h1-5,8,10H,9H2. The normalized spacial score (nSPS) is 10.0. The van der Waals surface area contributed by atoms with Crippen LogP contribution in [0.4, 0.5) is 0 Å². The minimum absolute atomic E-state index is 0.150. The Morgan fingerprint density at radius 3 is 2.62 bits per heavy atom. The second-order valence-electron chi connectivity index (χ2n) is 4.28. The molecule has 5 nitrogen and oxygen atoms in total. The van der Waals surface area contributed by atoms with Crippen molar-refractivity contribution in [1.82, 2.24) is 14.5 Å². The van der Waals surface area contributed by atoms with Crippen molar-refractivity contribution in [1.29, 1.82) is 10.5 Å². The van der Waals surface area contributed by atoms with Crippen molar-refractivity contribution in [2.45, 2.75) is 6.54 Å². The van der Waals surface area contributed by atoms with Crippen LogP contribution in [0, 0.1) is 22.7 Å². The van der Waals surface area contributed by atoms with E-state index in [0.717, 1.165) is 15.4 Å². The minimum Gasteiger partial charge on any atom is -0.314 e. The quantitative estimate of drug-likeness (QED) is 0.743. The smallest absolute Gasteiger partial charge is 0.176 e. The third-order valence-electron chi connectivity index (χ3n) is 2.97. The molecule has 2 heterocycles. The molecule has 0 aliphatic heterocycles. The van der Waals surface area contributed by atoms with Crippen LogP contribution in [0.15, 0.2) is 42.9 Å². The van der Waals surface area contributed by atoms with E-state index >= 15 is 0 Å². The average molecular weight is 291 g/mol. The summed E-state index contributed by atoms with van der Waals surface area (Å²) in [7, 11) is 0. The number of benzene rings is 1. The highest BCUT2D eigenvalue weighted by molar-refractivity contribution is 7.15. The maximum absolute atomic E-state index is 9.10. The summed E-state index contributed by atoms with van der Waals surface area (Å²) in [4.78, 5) is 9.37. The zero-order valence-electron chi connectivity index (χ0n) is 10.9. The molecule has 0 bridgehead atoms. The molecule has 3 aromatic rings. The van der Waals surface area contributed by atoms with Gasteiger partial charge in [0.2, 0.25) is 0 Å². The lowest BCUT2D eigenvalue weighted by molar-refractivity contribution is 0.779. The number of nitrogens with zero attached hydrogens (tertiary/aromatic N) is 5. The summed E-state index contributed by atoms with van der Waals surface area (Å²) in [5, 5.41) is 18.9. The van der Waals surface area contributed by atoms with Gasteiger partial charge in [-0.3, -0.25) is 0 Å². The first kappa shape index (κ1) is 13.0. The van der Waals surface area contributed by atoms with Gasteiger partial charge in [0, 0.05) is 6.20 Å². The Morgan fingerprint density at radius 2 is 1.90 bits per heavy atom. The van der Waals surface area contributed by atoms with Crippen LogP contribution in [0.25, 0.3) is 10.4 Å². The summed E-state index contributed by atoms with van der Waals surface area (Å²) < 4.78 is 1.64. The maximum Gasteiger partial charge on any atom is 0.176 e. The highest BCUT2D eigenvalue weighted by Crippen LogP contribution is 2.26. The van der Waals surface area contributed by atoms with Gasteiger partial charge in [-0.1, -0.05) is 30.3 Å². The molecular weight excluding hydrogens is 282 g/mol. The van der Waals surface area contributed by atoms with E-state index in [4.69, 9.17) is 10.5 Å². The Bertz CT molecular complexity index is 848. The van der Waals surface area contributed by atoms with E-state index in [1.54, 1.807) is 15.9 Å². The fourth-order valence-electron chi connectivity index (χ4n) is 1.97. The van der Waals surface area contributed by atoms with E-state index in [1.807, 2.05) is 48.7 Å². The van der Waals surface area contributed by atoms with Gasteiger partial charge in [0.1, 0.15) is 17.1 Å². The van der Waals surface area contributed by atoms with Gasteiger partial charge in [0.25, 0.3) is 0 Å². The molecule has 0 aliphatic rings. The van der Waals surface area contributed by atoms with Gasteiger partial charge in [-0.05, 0) is 5.56 Å². The Balaban J connectivity index is 1.88. The molecule has 1 aromatic carbocycles. The number of imidazole rings is 1. The fraction of sp³-hybridized carbons (Fsp3) is 0.0667. The molecular formula is C15H9N5S. The molecule has 0 atom stereocenters. The zero-order chi connectivity index (χ0) is 14.7. The molecule has 6 heteroatoms. The molecule has 21 heavy (non-hydrogen) atoms. The van der Waals surface area contributed by atoms with Crippen LogP contribution in [0.5, 0.6) is 0 Å². The second kappa shape index (κ2) is 5.58. The SMILES string of the molecule is N#Cc1ncn(Cc2ncc(-c3ccccc3)s2)c1C#N. The van der Waals surface area contributed by atoms with Crippen LogP contribution in [0.3, 0.4) is 0 Å². The van der Waals surface area contributed by atoms with E-state index in [0.29, 0.717) is 6.54 Å². The monoisotopic (exact) mass is 291 g/mol. The van der Waals surface area contributed by atoms with Crippen molar-refractivity contribution < 1.29 is 0 Å².